The third-order valence-corrected chi connectivity index (χ3v) is 4.71. The molecule has 6 nitrogen and oxygen atoms in total. The zero-order valence-electron chi connectivity index (χ0n) is 15.8. The average Bonchev–Trinajstić information content (AvgIpc) is 2.90. The number of methoxy groups -OCH3 is 2. The van der Waals surface area contributed by atoms with Crippen LogP contribution in [0.15, 0.2) is 24.3 Å². The number of aryl methyl sites for hydroxylation is 1. The number of benzene rings is 1. The minimum atomic E-state index is 0.492. The Morgan fingerprint density at radius 3 is 2.35 bits per heavy atom. The molecule has 0 amide bonds. The molecule has 1 heterocycles. The molecule has 1 fully saturated rings. The molecule has 26 heavy (non-hydrogen) atoms. The Kier molecular flexibility index (Phi) is 6.15. The Morgan fingerprint density at radius 1 is 0.923 bits per heavy atom. The van der Waals surface area contributed by atoms with Crippen LogP contribution in [-0.4, -0.2) is 30.2 Å². The first kappa shape index (κ1) is 18.3. The van der Waals surface area contributed by atoms with Gasteiger partial charge in [-0.05, 0) is 31.9 Å². The topological polar surface area (TPSA) is 68.3 Å². The summed E-state index contributed by atoms with van der Waals surface area (Å²) in [4.78, 5) is 9.07. The van der Waals surface area contributed by atoms with Crippen LogP contribution in [0.3, 0.4) is 0 Å². The number of nitrogens with one attached hydrogen (secondary N) is 2. The summed E-state index contributed by atoms with van der Waals surface area (Å²) in [6.07, 6.45) is 7.65. The molecule has 0 spiro atoms. The van der Waals surface area contributed by atoms with Crippen molar-refractivity contribution in [3.63, 3.8) is 0 Å². The van der Waals surface area contributed by atoms with Gasteiger partial charge in [-0.15, -0.1) is 0 Å². The Bertz CT molecular complexity index is 728. The van der Waals surface area contributed by atoms with Crippen LogP contribution in [0.2, 0.25) is 0 Å². The number of anilines is 3. The molecule has 0 saturated heterocycles. The number of hydrogen-bond acceptors (Lipinski definition) is 6. The highest BCUT2D eigenvalue weighted by Gasteiger charge is 2.14. The van der Waals surface area contributed by atoms with Crippen LogP contribution < -0.4 is 20.1 Å². The number of aromatic nitrogens is 2. The van der Waals surface area contributed by atoms with Gasteiger partial charge >= 0.3 is 0 Å². The zero-order valence-corrected chi connectivity index (χ0v) is 15.8. The summed E-state index contributed by atoms with van der Waals surface area (Å²) in [6, 6.07) is 8.09. The van der Waals surface area contributed by atoms with Crippen molar-refractivity contribution in [1.82, 2.24) is 9.97 Å². The molecule has 1 aliphatic rings. The molecule has 2 aromatic rings. The van der Waals surface area contributed by atoms with Gasteiger partial charge in [0, 0.05) is 18.2 Å². The maximum atomic E-state index is 5.44. The smallest absolute Gasteiger partial charge is 0.142 e. The fourth-order valence-corrected chi connectivity index (χ4v) is 3.39. The largest absolute Gasteiger partial charge is 0.497 e. The summed E-state index contributed by atoms with van der Waals surface area (Å²) in [5.41, 5.74) is 0.811. The molecule has 1 aromatic carbocycles. The van der Waals surface area contributed by atoms with Crippen molar-refractivity contribution < 1.29 is 9.47 Å². The Balaban J connectivity index is 1.79. The number of hydrogen-bond donors (Lipinski definition) is 2. The molecule has 1 saturated carbocycles. The van der Waals surface area contributed by atoms with Crippen LogP contribution in [0.1, 0.15) is 44.3 Å². The van der Waals surface area contributed by atoms with Gasteiger partial charge in [-0.1, -0.05) is 25.7 Å². The van der Waals surface area contributed by atoms with E-state index in [1.54, 1.807) is 14.2 Å². The normalized spacial score (nSPS) is 15.2. The van der Waals surface area contributed by atoms with Crippen molar-refractivity contribution in [1.29, 1.82) is 0 Å². The zero-order chi connectivity index (χ0) is 18.4. The molecular weight excluding hydrogens is 328 g/mol. The van der Waals surface area contributed by atoms with Crippen molar-refractivity contribution in [2.24, 2.45) is 0 Å². The van der Waals surface area contributed by atoms with Crippen LogP contribution in [0.4, 0.5) is 17.3 Å². The summed E-state index contributed by atoms with van der Waals surface area (Å²) in [5, 5.41) is 6.92. The predicted molar refractivity (Wildman–Crippen MR) is 105 cm³/mol. The summed E-state index contributed by atoms with van der Waals surface area (Å²) in [7, 11) is 3.30. The Morgan fingerprint density at radius 2 is 1.65 bits per heavy atom. The molecule has 140 valence electrons. The fraction of sp³-hybridized carbons (Fsp3) is 0.500. The highest BCUT2D eigenvalue weighted by molar-refractivity contribution is 5.67. The molecule has 0 aliphatic heterocycles. The van der Waals surface area contributed by atoms with Gasteiger partial charge in [-0.25, -0.2) is 9.97 Å². The van der Waals surface area contributed by atoms with E-state index >= 15 is 0 Å². The van der Waals surface area contributed by atoms with Crippen molar-refractivity contribution in [2.45, 2.75) is 51.5 Å². The molecule has 6 heteroatoms. The van der Waals surface area contributed by atoms with Gasteiger partial charge in [0.1, 0.15) is 29.0 Å². The molecule has 1 aromatic heterocycles. The lowest BCUT2D eigenvalue weighted by molar-refractivity contribution is 0.405. The minimum absolute atomic E-state index is 0.492. The van der Waals surface area contributed by atoms with Crippen molar-refractivity contribution in [3.05, 3.63) is 30.1 Å². The summed E-state index contributed by atoms with van der Waals surface area (Å²) >= 11 is 0. The summed E-state index contributed by atoms with van der Waals surface area (Å²) < 4.78 is 10.7. The van der Waals surface area contributed by atoms with Gasteiger partial charge in [0.2, 0.25) is 0 Å². The monoisotopic (exact) mass is 356 g/mol. The van der Waals surface area contributed by atoms with E-state index in [1.807, 2.05) is 31.2 Å². The first-order valence-corrected chi connectivity index (χ1v) is 9.29. The van der Waals surface area contributed by atoms with Gasteiger partial charge in [-0.2, -0.15) is 0 Å². The molecule has 0 radical (unpaired) electrons. The lowest BCUT2D eigenvalue weighted by Gasteiger charge is -2.18. The maximum absolute atomic E-state index is 5.44. The third kappa shape index (κ3) is 4.77. The second-order valence-electron chi connectivity index (χ2n) is 6.71. The maximum Gasteiger partial charge on any atom is 0.142 e. The number of rotatable bonds is 6. The molecule has 0 unspecified atom stereocenters. The van der Waals surface area contributed by atoms with Crippen LogP contribution >= 0.6 is 0 Å². The van der Waals surface area contributed by atoms with E-state index in [0.717, 1.165) is 34.6 Å². The van der Waals surface area contributed by atoms with Gasteiger partial charge < -0.3 is 20.1 Å². The lowest BCUT2D eigenvalue weighted by Crippen LogP contribution is -2.19. The molecule has 2 N–H and O–H groups in total. The third-order valence-electron chi connectivity index (χ3n) is 4.71. The molecule has 0 atom stereocenters. The SMILES string of the molecule is COc1ccc(OC)c(Nc2cc(NC3CCCCCC3)nc(C)n2)c1. The van der Waals surface area contributed by atoms with Crippen molar-refractivity contribution in [3.8, 4) is 11.5 Å². The van der Waals surface area contributed by atoms with E-state index in [-0.39, 0.29) is 0 Å². The first-order chi connectivity index (χ1) is 12.7. The first-order valence-electron chi connectivity index (χ1n) is 9.29. The van der Waals surface area contributed by atoms with Crippen LogP contribution in [0.25, 0.3) is 0 Å². The summed E-state index contributed by atoms with van der Waals surface area (Å²) in [6.45, 7) is 1.91. The van der Waals surface area contributed by atoms with E-state index in [4.69, 9.17) is 9.47 Å². The van der Waals surface area contributed by atoms with Crippen LogP contribution in [-0.2, 0) is 0 Å². The number of nitrogens with zero attached hydrogens (tertiary/aromatic N) is 2. The van der Waals surface area contributed by atoms with E-state index < -0.39 is 0 Å². The van der Waals surface area contributed by atoms with Crippen molar-refractivity contribution in [2.75, 3.05) is 24.9 Å². The second kappa shape index (κ2) is 8.74. The Hall–Kier alpha value is -2.50. The van der Waals surface area contributed by atoms with Crippen LogP contribution in [0.5, 0.6) is 11.5 Å². The Labute approximate surface area is 155 Å². The quantitative estimate of drug-likeness (QED) is 0.733. The number of ether oxygens (including phenoxy) is 2. The second-order valence-corrected chi connectivity index (χ2v) is 6.71. The minimum Gasteiger partial charge on any atom is -0.497 e. The van der Waals surface area contributed by atoms with Crippen LogP contribution in [0, 0.1) is 6.92 Å². The van der Waals surface area contributed by atoms with Gasteiger partial charge in [0.15, 0.2) is 0 Å². The van der Waals surface area contributed by atoms with Gasteiger partial charge in [-0.3, -0.25) is 0 Å². The molecular formula is C20H28N4O2. The highest BCUT2D eigenvalue weighted by Crippen LogP contribution is 2.31. The van der Waals surface area contributed by atoms with Gasteiger partial charge in [0.25, 0.3) is 0 Å². The molecule has 0 bridgehead atoms. The molecule has 1 aliphatic carbocycles. The van der Waals surface area contributed by atoms with E-state index in [1.165, 1.54) is 38.5 Å². The predicted octanol–water partition coefficient (Wildman–Crippen LogP) is 4.68. The highest BCUT2D eigenvalue weighted by atomic mass is 16.5. The lowest BCUT2D eigenvalue weighted by atomic mass is 10.1. The van der Waals surface area contributed by atoms with Crippen molar-refractivity contribution >= 4 is 17.3 Å². The standard InChI is InChI=1S/C20H28N4O2/c1-14-21-19(23-15-8-6-4-5-7-9-15)13-20(22-14)24-17-12-16(25-2)10-11-18(17)26-3/h10-13,15H,4-9H2,1-3H3,(H2,21,22,23,24). The van der Waals surface area contributed by atoms with E-state index in [9.17, 15) is 0 Å². The fourth-order valence-electron chi connectivity index (χ4n) is 3.39. The molecule has 3 rings (SSSR count). The average molecular weight is 356 g/mol. The summed E-state index contributed by atoms with van der Waals surface area (Å²) in [5.74, 6) is 3.83. The van der Waals surface area contributed by atoms with Gasteiger partial charge in [0.05, 0.1) is 19.9 Å². The van der Waals surface area contributed by atoms with E-state index in [0.29, 0.717) is 6.04 Å². The van der Waals surface area contributed by atoms with E-state index in [2.05, 4.69) is 20.6 Å².